The molecule has 0 spiro atoms. The van der Waals surface area contributed by atoms with Gasteiger partial charge in [-0.3, -0.25) is 4.79 Å². The van der Waals surface area contributed by atoms with Crippen LogP contribution in [0, 0.1) is 6.92 Å². The number of rotatable bonds is 4. The number of para-hydroxylation sites is 1. The van der Waals surface area contributed by atoms with E-state index in [1.807, 2.05) is 44.2 Å². The van der Waals surface area contributed by atoms with E-state index in [0.29, 0.717) is 18.8 Å². The van der Waals surface area contributed by atoms with Crippen LogP contribution in [0.5, 0.6) is 0 Å². The number of carbonyl (C=O) groups excluding carboxylic acids is 2. The first-order valence-electron chi connectivity index (χ1n) is 8.53. The number of morpholine rings is 1. The molecule has 1 amide bonds. The highest BCUT2D eigenvalue weighted by Gasteiger charge is 2.27. The molecule has 1 aromatic heterocycles. The van der Waals surface area contributed by atoms with Gasteiger partial charge in [-0.25, -0.2) is 4.79 Å². The molecule has 138 valence electrons. The first kappa shape index (κ1) is 18.1. The largest absolute Gasteiger partial charge is 0.451 e. The molecule has 1 fully saturated rings. The lowest BCUT2D eigenvalue weighted by atomic mass is 10.2. The van der Waals surface area contributed by atoms with Gasteiger partial charge in [-0.2, -0.15) is 9.90 Å². The summed E-state index contributed by atoms with van der Waals surface area (Å²) in [4.78, 5) is 27.6. The van der Waals surface area contributed by atoms with Crippen molar-refractivity contribution in [1.29, 1.82) is 0 Å². The molecule has 8 heteroatoms. The summed E-state index contributed by atoms with van der Waals surface area (Å²) in [5, 5.41) is 8.41. The molecule has 1 aliphatic heterocycles. The minimum absolute atomic E-state index is 0.0357. The molecule has 2 aromatic rings. The predicted molar refractivity (Wildman–Crippen MR) is 93.0 cm³/mol. The topological polar surface area (TPSA) is 86.6 Å². The van der Waals surface area contributed by atoms with E-state index in [0.717, 1.165) is 5.69 Å². The number of ether oxygens (including phenoxy) is 2. The second kappa shape index (κ2) is 7.65. The maximum absolute atomic E-state index is 12.3. The summed E-state index contributed by atoms with van der Waals surface area (Å²) in [7, 11) is 0. The molecule has 0 N–H and O–H groups in total. The van der Waals surface area contributed by atoms with Crippen LogP contribution < -0.4 is 0 Å². The van der Waals surface area contributed by atoms with Crippen LogP contribution in [-0.2, 0) is 14.3 Å². The molecule has 0 bridgehead atoms. The lowest BCUT2D eigenvalue weighted by molar-refractivity contribution is -0.146. The van der Waals surface area contributed by atoms with E-state index in [2.05, 4.69) is 10.2 Å². The van der Waals surface area contributed by atoms with Gasteiger partial charge >= 0.3 is 5.97 Å². The van der Waals surface area contributed by atoms with Crippen molar-refractivity contribution < 1.29 is 19.1 Å². The molecule has 0 radical (unpaired) electrons. The van der Waals surface area contributed by atoms with Gasteiger partial charge in [0, 0.05) is 13.1 Å². The Balaban J connectivity index is 1.62. The standard InChI is InChI=1S/C18H22N4O4/c1-12-9-21(10-13(2)26-12)16(23)11-25-18(24)17-14(3)19-22(20-17)15-7-5-4-6-8-15/h4-8,12-13H,9-11H2,1-3H3/t12-,13-/m1/s1. The Hall–Kier alpha value is -2.74. The molecule has 1 saturated heterocycles. The van der Waals surface area contributed by atoms with E-state index in [1.54, 1.807) is 11.8 Å². The van der Waals surface area contributed by atoms with Crippen LogP contribution >= 0.6 is 0 Å². The van der Waals surface area contributed by atoms with Crippen molar-refractivity contribution in [1.82, 2.24) is 19.9 Å². The van der Waals surface area contributed by atoms with Gasteiger partial charge in [0.2, 0.25) is 0 Å². The number of amides is 1. The number of benzene rings is 1. The summed E-state index contributed by atoms with van der Waals surface area (Å²) in [5.41, 5.74) is 1.28. The van der Waals surface area contributed by atoms with Crippen LogP contribution in [0.1, 0.15) is 30.0 Å². The molecular weight excluding hydrogens is 336 g/mol. The maximum Gasteiger partial charge on any atom is 0.361 e. The summed E-state index contributed by atoms with van der Waals surface area (Å²) in [6, 6.07) is 9.26. The zero-order valence-corrected chi connectivity index (χ0v) is 15.1. The van der Waals surface area contributed by atoms with E-state index in [-0.39, 0.29) is 30.4 Å². The van der Waals surface area contributed by atoms with Crippen LogP contribution in [0.15, 0.2) is 30.3 Å². The highest BCUT2D eigenvalue weighted by molar-refractivity contribution is 5.90. The minimum atomic E-state index is -0.660. The second-order valence-electron chi connectivity index (χ2n) is 6.39. The summed E-state index contributed by atoms with van der Waals surface area (Å²) < 4.78 is 10.8. The normalized spacial score (nSPS) is 20.0. The van der Waals surface area contributed by atoms with Gasteiger partial charge in [0.05, 0.1) is 23.6 Å². The predicted octanol–water partition coefficient (Wildman–Crippen LogP) is 1.37. The Labute approximate surface area is 151 Å². The molecular formula is C18H22N4O4. The van der Waals surface area contributed by atoms with Gasteiger partial charge in [-0.05, 0) is 32.9 Å². The molecule has 1 aromatic carbocycles. The van der Waals surface area contributed by atoms with E-state index < -0.39 is 5.97 Å². The molecule has 26 heavy (non-hydrogen) atoms. The highest BCUT2D eigenvalue weighted by atomic mass is 16.5. The fourth-order valence-corrected chi connectivity index (χ4v) is 2.91. The fraction of sp³-hybridized carbons (Fsp3) is 0.444. The Kier molecular flexibility index (Phi) is 5.32. The monoisotopic (exact) mass is 358 g/mol. The van der Waals surface area contributed by atoms with Gasteiger partial charge in [0.15, 0.2) is 12.3 Å². The zero-order chi connectivity index (χ0) is 18.7. The van der Waals surface area contributed by atoms with Gasteiger partial charge in [-0.1, -0.05) is 18.2 Å². The Morgan fingerprint density at radius 2 is 1.81 bits per heavy atom. The van der Waals surface area contributed by atoms with Crippen LogP contribution in [0.25, 0.3) is 5.69 Å². The first-order chi connectivity index (χ1) is 12.4. The lowest BCUT2D eigenvalue weighted by Crippen LogP contribution is -2.49. The third-order valence-corrected chi connectivity index (χ3v) is 4.06. The molecule has 0 unspecified atom stereocenters. The minimum Gasteiger partial charge on any atom is -0.451 e. The van der Waals surface area contributed by atoms with Crippen LogP contribution in [-0.4, -0.2) is 63.7 Å². The van der Waals surface area contributed by atoms with Gasteiger partial charge in [0.25, 0.3) is 5.91 Å². The number of nitrogens with zero attached hydrogens (tertiary/aromatic N) is 4. The van der Waals surface area contributed by atoms with E-state index in [9.17, 15) is 9.59 Å². The number of aryl methyl sites for hydroxylation is 1. The number of esters is 1. The molecule has 1 aliphatic rings. The highest BCUT2D eigenvalue weighted by Crippen LogP contribution is 2.12. The van der Waals surface area contributed by atoms with Crippen LogP contribution in [0.4, 0.5) is 0 Å². The number of aromatic nitrogens is 3. The molecule has 0 saturated carbocycles. The maximum atomic E-state index is 12.3. The average Bonchev–Trinajstić information content (AvgIpc) is 3.01. The number of carbonyl (C=O) groups is 2. The summed E-state index contributed by atoms with van der Waals surface area (Å²) in [6.07, 6.45) is -0.0714. The van der Waals surface area contributed by atoms with Crippen molar-refractivity contribution >= 4 is 11.9 Å². The summed E-state index contributed by atoms with van der Waals surface area (Å²) in [5.74, 6) is -0.902. The molecule has 2 atom stereocenters. The third-order valence-electron chi connectivity index (χ3n) is 4.06. The van der Waals surface area contributed by atoms with Gasteiger partial charge in [0.1, 0.15) is 0 Å². The fourth-order valence-electron chi connectivity index (χ4n) is 2.91. The van der Waals surface area contributed by atoms with E-state index in [1.165, 1.54) is 4.80 Å². The van der Waals surface area contributed by atoms with Crippen LogP contribution in [0.3, 0.4) is 0 Å². The molecule has 3 rings (SSSR count). The quantitative estimate of drug-likeness (QED) is 0.767. The van der Waals surface area contributed by atoms with Crippen molar-refractivity contribution in [3.8, 4) is 5.69 Å². The summed E-state index contributed by atoms with van der Waals surface area (Å²) >= 11 is 0. The van der Waals surface area contributed by atoms with E-state index >= 15 is 0 Å². The third kappa shape index (κ3) is 4.08. The van der Waals surface area contributed by atoms with Crippen molar-refractivity contribution in [2.45, 2.75) is 33.0 Å². The lowest BCUT2D eigenvalue weighted by Gasteiger charge is -2.35. The van der Waals surface area contributed by atoms with Crippen molar-refractivity contribution in [3.05, 3.63) is 41.7 Å². The number of hydrogen-bond acceptors (Lipinski definition) is 6. The Morgan fingerprint density at radius 3 is 2.46 bits per heavy atom. The first-order valence-corrected chi connectivity index (χ1v) is 8.53. The van der Waals surface area contributed by atoms with Crippen molar-refractivity contribution in [2.75, 3.05) is 19.7 Å². The Bertz CT molecular complexity index is 780. The zero-order valence-electron chi connectivity index (χ0n) is 15.1. The smallest absolute Gasteiger partial charge is 0.361 e. The summed E-state index contributed by atoms with van der Waals surface area (Å²) in [6.45, 7) is 6.15. The average molecular weight is 358 g/mol. The molecule has 2 heterocycles. The van der Waals surface area contributed by atoms with E-state index in [4.69, 9.17) is 9.47 Å². The van der Waals surface area contributed by atoms with Gasteiger partial charge in [-0.15, -0.1) is 5.10 Å². The Morgan fingerprint density at radius 1 is 1.15 bits per heavy atom. The van der Waals surface area contributed by atoms with Crippen molar-refractivity contribution in [3.63, 3.8) is 0 Å². The van der Waals surface area contributed by atoms with Crippen LogP contribution in [0.2, 0.25) is 0 Å². The molecule has 8 nitrogen and oxygen atoms in total. The SMILES string of the molecule is Cc1nn(-c2ccccc2)nc1C(=O)OCC(=O)N1C[C@@H](C)O[C@H](C)C1. The van der Waals surface area contributed by atoms with Gasteiger partial charge < -0.3 is 14.4 Å². The van der Waals surface area contributed by atoms with Crippen molar-refractivity contribution in [2.24, 2.45) is 0 Å². The second-order valence-corrected chi connectivity index (χ2v) is 6.39. The number of hydrogen-bond donors (Lipinski definition) is 0. The molecule has 0 aliphatic carbocycles.